The average molecular weight is 185 g/mol. The van der Waals surface area contributed by atoms with Crippen LogP contribution in [0.25, 0.3) is 10.8 Å². The largest absolute Gasteiger partial charge is 0.508 e. The van der Waals surface area contributed by atoms with Gasteiger partial charge in [-0.1, -0.05) is 18.2 Å². The molecular formula is C11H7NO2. The number of rotatable bonds is 1. The number of isocyanates is 1. The van der Waals surface area contributed by atoms with E-state index in [1.54, 1.807) is 30.3 Å². The Hall–Kier alpha value is -2.12. The fourth-order valence-electron chi connectivity index (χ4n) is 1.39. The number of phenolic OH excluding ortho intramolecular Hbond substituents is 1. The van der Waals surface area contributed by atoms with Crippen LogP contribution in [0.15, 0.2) is 41.4 Å². The fraction of sp³-hybridized carbons (Fsp3) is 0. The summed E-state index contributed by atoms with van der Waals surface area (Å²) in [6.07, 6.45) is 1.49. The third-order valence-corrected chi connectivity index (χ3v) is 2.01. The van der Waals surface area contributed by atoms with Crippen molar-refractivity contribution in [2.75, 3.05) is 0 Å². The van der Waals surface area contributed by atoms with Crippen molar-refractivity contribution >= 4 is 22.5 Å². The van der Waals surface area contributed by atoms with E-state index in [0.717, 1.165) is 10.8 Å². The van der Waals surface area contributed by atoms with Crippen LogP contribution in [0, 0.1) is 0 Å². The number of hydrogen-bond donors (Lipinski definition) is 1. The molecule has 0 saturated carbocycles. The van der Waals surface area contributed by atoms with Gasteiger partial charge in [-0.2, -0.15) is 4.99 Å². The van der Waals surface area contributed by atoms with Gasteiger partial charge in [0, 0.05) is 5.39 Å². The number of hydrogen-bond acceptors (Lipinski definition) is 3. The third kappa shape index (κ3) is 1.37. The van der Waals surface area contributed by atoms with Gasteiger partial charge < -0.3 is 5.11 Å². The highest BCUT2D eigenvalue weighted by Gasteiger charge is 1.99. The second-order valence-electron chi connectivity index (χ2n) is 2.89. The summed E-state index contributed by atoms with van der Waals surface area (Å²) in [5, 5.41) is 11.0. The van der Waals surface area contributed by atoms with Crippen LogP contribution in [0.4, 0.5) is 5.69 Å². The average Bonchev–Trinajstić information content (AvgIpc) is 2.19. The molecular weight excluding hydrogens is 178 g/mol. The maximum atomic E-state index is 10.1. The quantitative estimate of drug-likeness (QED) is 0.548. The van der Waals surface area contributed by atoms with Gasteiger partial charge in [0.2, 0.25) is 6.08 Å². The molecule has 0 aliphatic rings. The molecule has 2 aromatic carbocycles. The molecule has 2 rings (SSSR count). The lowest BCUT2D eigenvalue weighted by molar-refractivity contribution is 0.476. The lowest BCUT2D eigenvalue weighted by Gasteiger charge is -2.00. The maximum Gasteiger partial charge on any atom is 0.240 e. The van der Waals surface area contributed by atoms with Crippen molar-refractivity contribution in [3.05, 3.63) is 36.4 Å². The summed E-state index contributed by atoms with van der Waals surface area (Å²) in [4.78, 5) is 13.7. The molecule has 0 heterocycles. The molecule has 0 bridgehead atoms. The van der Waals surface area contributed by atoms with Crippen molar-refractivity contribution in [2.24, 2.45) is 4.99 Å². The van der Waals surface area contributed by atoms with Crippen LogP contribution in [0.5, 0.6) is 5.75 Å². The Morgan fingerprint density at radius 3 is 2.86 bits per heavy atom. The predicted molar refractivity (Wildman–Crippen MR) is 53.4 cm³/mol. The van der Waals surface area contributed by atoms with Gasteiger partial charge in [-0.25, -0.2) is 4.79 Å². The summed E-state index contributed by atoms with van der Waals surface area (Å²) in [5.41, 5.74) is 0.522. The van der Waals surface area contributed by atoms with Gasteiger partial charge in [0.05, 0.1) is 5.69 Å². The summed E-state index contributed by atoms with van der Waals surface area (Å²) in [5.74, 6) is 0.158. The van der Waals surface area contributed by atoms with E-state index in [4.69, 9.17) is 0 Å². The number of aliphatic imine (C=N–C) groups is 1. The molecule has 68 valence electrons. The van der Waals surface area contributed by atoms with Crippen LogP contribution < -0.4 is 0 Å². The molecule has 14 heavy (non-hydrogen) atoms. The van der Waals surface area contributed by atoms with E-state index in [-0.39, 0.29) is 5.75 Å². The molecule has 0 aromatic heterocycles. The minimum Gasteiger partial charge on any atom is -0.508 e. The molecule has 0 unspecified atom stereocenters. The molecule has 3 heteroatoms. The van der Waals surface area contributed by atoms with Crippen LogP contribution >= 0.6 is 0 Å². The highest BCUT2D eigenvalue weighted by atomic mass is 16.3. The van der Waals surface area contributed by atoms with E-state index in [1.165, 1.54) is 6.08 Å². The van der Waals surface area contributed by atoms with Gasteiger partial charge in [-0.15, -0.1) is 0 Å². The van der Waals surface area contributed by atoms with Crippen molar-refractivity contribution < 1.29 is 9.90 Å². The first-order valence-electron chi connectivity index (χ1n) is 4.11. The number of fused-ring (bicyclic) bond motifs is 1. The first-order valence-corrected chi connectivity index (χ1v) is 4.11. The summed E-state index contributed by atoms with van der Waals surface area (Å²) in [6.45, 7) is 0. The molecule has 0 spiro atoms. The van der Waals surface area contributed by atoms with Crippen LogP contribution in [-0.4, -0.2) is 11.2 Å². The predicted octanol–water partition coefficient (Wildman–Crippen LogP) is 2.51. The minimum absolute atomic E-state index is 0.158. The Morgan fingerprint density at radius 1 is 1.21 bits per heavy atom. The monoisotopic (exact) mass is 185 g/mol. The second kappa shape index (κ2) is 3.32. The molecule has 2 aromatic rings. The van der Waals surface area contributed by atoms with Gasteiger partial charge in [-0.05, 0) is 23.6 Å². The Bertz CT molecular complexity index is 528. The molecule has 3 nitrogen and oxygen atoms in total. The molecule has 0 aliphatic heterocycles. The molecule has 0 radical (unpaired) electrons. The molecule has 0 amide bonds. The number of phenols is 1. The lowest BCUT2D eigenvalue weighted by Crippen LogP contribution is -1.73. The molecule has 1 N–H and O–H groups in total. The van der Waals surface area contributed by atoms with Gasteiger partial charge in [-0.3, -0.25) is 0 Å². The minimum atomic E-state index is 0.158. The van der Waals surface area contributed by atoms with Crippen molar-refractivity contribution in [3.8, 4) is 5.75 Å². The molecule has 0 saturated heterocycles. The summed E-state index contributed by atoms with van der Waals surface area (Å²) < 4.78 is 0. The van der Waals surface area contributed by atoms with Crippen molar-refractivity contribution in [3.63, 3.8) is 0 Å². The number of nitrogens with zero attached hydrogens (tertiary/aromatic N) is 1. The topological polar surface area (TPSA) is 49.7 Å². The van der Waals surface area contributed by atoms with Gasteiger partial charge in [0.25, 0.3) is 0 Å². The fourth-order valence-corrected chi connectivity index (χ4v) is 1.39. The van der Waals surface area contributed by atoms with E-state index < -0.39 is 0 Å². The Balaban J connectivity index is 2.83. The zero-order chi connectivity index (χ0) is 9.97. The summed E-state index contributed by atoms with van der Waals surface area (Å²) in [6, 6.07) is 10.3. The molecule has 0 aliphatic carbocycles. The number of benzene rings is 2. The van der Waals surface area contributed by atoms with Gasteiger partial charge in [0.1, 0.15) is 5.75 Å². The van der Waals surface area contributed by atoms with Crippen LogP contribution in [0.2, 0.25) is 0 Å². The van der Waals surface area contributed by atoms with E-state index in [9.17, 15) is 9.90 Å². The van der Waals surface area contributed by atoms with E-state index in [2.05, 4.69) is 4.99 Å². The van der Waals surface area contributed by atoms with Gasteiger partial charge in [0.15, 0.2) is 0 Å². The Morgan fingerprint density at radius 2 is 2.07 bits per heavy atom. The number of carbonyl (C=O) groups excluding carboxylic acids is 1. The summed E-state index contributed by atoms with van der Waals surface area (Å²) in [7, 11) is 0. The maximum absolute atomic E-state index is 10.1. The first-order chi connectivity index (χ1) is 6.81. The molecule has 0 fully saturated rings. The highest BCUT2D eigenvalue weighted by molar-refractivity contribution is 5.94. The van der Waals surface area contributed by atoms with E-state index in [1.807, 2.05) is 6.07 Å². The Kier molecular flexibility index (Phi) is 2.01. The van der Waals surface area contributed by atoms with Crippen molar-refractivity contribution in [1.82, 2.24) is 0 Å². The lowest BCUT2D eigenvalue weighted by atomic mass is 10.1. The standard InChI is InChI=1S/C11H7NO2/c13-7-12-11-3-1-2-8-4-5-9(14)6-10(8)11/h1-6,14H. The van der Waals surface area contributed by atoms with Crippen LogP contribution in [0.1, 0.15) is 0 Å². The zero-order valence-electron chi connectivity index (χ0n) is 7.27. The Labute approximate surface area is 80.3 Å². The van der Waals surface area contributed by atoms with Gasteiger partial charge >= 0.3 is 0 Å². The smallest absolute Gasteiger partial charge is 0.240 e. The SMILES string of the molecule is O=C=Nc1cccc2ccc(O)cc12. The van der Waals surface area contributed by atoms with E-state index >= 15 is 0 Å². The van der Waals surface area contributed by atoms with Crippen LogP contribution in [0.3, 0.4) is 0 Å². The van der Waals surface area contributed by atoms with Crippen molar-refractivity contribution in [1.29, 1.82) is 0 Å². The zero-order valence-corrected chi connectivity index (χ0v) is 7.27. The molecule has 0 atom stereocenters. The first kappa shape index (κ1) is 8.48. The third-order valence-electron chi connectivity index (χ3n) is 2.01. The normalized spacial score (nSPS) is 9.71. The van der Waals surface area contributed by atoms with Crippen molar-refractivity contribution in [2.45, 2.75) is 0 Å². The summed E-state index contributed by atoms with van der Waals surface area (Å²) >= 11 is 0. The second-order valence-corrected chi connectivity index (χ2v) is 2.89. The number of aromatic hydroxyl groups is 1. The highest BCUT2D eigenvalue weighted by Crippen LogP contribution is 2.28. The van der Waals surface area contributed by atoms with E-state index in [0.29, 0.717) is 5.69 Å². The van der Waals surface area contributed by atoms with Crippen LogP contribution in [-0.2, 0) is 4.79 Å².